The normalized spacial score (nSPS) is 12.5. The lowest BCUT2D eigenvalue weighted by Crippen LogP contribution is -2.04. The summed E-state index contributed by atoms with van der Waals surface area (Å²) in [6.45, 7) is 7.26. The molecule has 0 N–H and O–H groups in total. The average molecular weight is 151 g/mol. The number of carbonyl (C=O) groups excluding carboxylic acids is 1. The molecule has 0 heterocycles. The predicted molar refractivity (Wildman–Crippen MR) is 43.8 cm³/mol. The van der Waals surface area contributed by atoms with Gasteiger partial charge in [0.05, 0.1) is 5.57 Å². The van der Waals surface area contributed by atoms with Crippen molar-refractivity contribution in [1.29, 1.82) is 5.26 Å². The molecule has 0 aliphatic heterocycles. The molecule has 60 valence electrons. The first-order valence-corrected chi connectivity index (χ1v) is 3.51. The van der Waals surface area contributed by atoms with Gasteiger partial charge in [-0.25, -0.2) is 0 Å². The molecule has 0 saturated heterocycles. The summed E-state index contributed by atoms with van der Waals surface area (Å²) in [6.07, 6.45) is 1.69. The first-order valence-electron chi connectivity index (χ1n) is 3.51. The molecule has 0 unspecified atom stereocenters. The zero-order chi connectivity index (χ0) is 9.07. The third kappa shape index (κ3) is 4.32. The molecule has 11 heavy (non-hydrogen) atoms. The molecule has 0 spiro atoms. The fourth-order valence-electron chi connectivity index (χ4n) is 0.646. The summed E-state index contributed by atoms with van der Waals surface area (Å²) in [5.74, 6) is -0.164. The predicted octanol–water partition coefficient (Wildman–Crippen LogP) is 2.07. The van der Waals surface area contributed by atoms with Crippen LogP contribution in [0.25, 0.3) is 0 Å². The minimum Gasteiger partial charge on any atom is -0.294 e. The summed E-state index contributed by atoms with van der Waals surface area (Å²) in [6, 6.07) is 1.87. The monoisotopic (exact) mass is 151 g/mol. The highest BCUT2D eigenvalue weighted by Gasteiger charge is 2.10. The average Bonchev–Trinajstić information content (AvgIpc) is 1.80. The Morgan fingerprint density at radius 3 is 2.00 bits per heavy atom. The van der Waals surface area contributed by atoms with Crippen LogP contribution in [0.3, 0.4) is 0 Å². The third-order valence-electron chi connectivity index (χ3n) is 1.08. The van der Waals surface area contributed by atoms with Gasteiger partial charge < -0.3 is 0 Å². The van der Waals surface area contributed by atoms with Crippen molar-refractivity contribution in [1.82, 2.24) is 0 Å². The molecule has 0 radical (unpaired) electrons. The van der Waals surface area contributed by atoms with Crippen molar-refractivity contribution in [3.63, 3.8) is 0 Å². The van der Waals surface area contributed by atoms with Gasteiger partial charge in [-0.15, -0.1) is 0 Å². The van der Waals surface area contributed by atoms with E-state index in [1.165, 1.54) is 6.92 Å². The molecule has 0 aromatic rings. The Balaban J connectivity index is 4.68. The van der Waals surface area contributed by atoms with Gasteiger partial charge in [0.1, 0.15) is 6.07 Å². The van der Waals surface area contributed by atoms with E-state index in [9.17, 15) is 4.79 Å². The number of hydrogen-bond acceptors (Lipinski definition) is 2. The van der Waals surface area contributed by atoms with Gasteiger partial charge in [0.2, 0.25) is 0 Å². The molecular formula is C9H13NO. The van der Waals surface area contributed by atoms with Crippen LogP contribution in [0.2, 0.25) is 0 Å². The minimum atomic E-state index is -0.164. The fourth-order valence-corrected chi connectivity index (χ4v) is 0.646. The molecular weight excluding hydrogens is 138 g/mol. The van der Waals surface area contributed by atoms with Gasteiger partial charge in [0.15, 0.2) is 5.78 Å². The number of allylic oxidation sites excluding steroid dienone is 2. The Labute approximate surface area is 67.5 Å². The number of nitrogens with zero attached hydrogens (tertiary/aromatic N) is 1. The molecule has 0 bridgehead atoms. The zero-order valence-corrected chi connectivity index (χ0v) is 7.43. The van der Waals surface area contributed by atoms with Crippen LogP contribution in [0.1, 0.15) is 27.7 Å². The maximum absolute atomic E-state index is 10.8. The van der Waals surface area contributed by atoms with Crippen molar-refractivity contribution in [2.24, 2.45) is 5.41 Å². The Kier molecular flexibility index (Phi) is 3.00. The molecule has 2 heteroatoms. The lowest BCUT2D eigenvalue weighted by atomic mass is 9.93. The quantitative estimate of drug-likeness (QED) is 0.425. The molecule has 0 aromatic carbocycles. The number of ketones is 1. The van der Waals surface area contributed by atoms with Crippen LogP contribution in [0.4, 0.5) is 0 Å². The molecule has 0 aliphatic carbocycles. The molecule has 0 atom stereocenters. The van der Waals surface area contributed by atoms with E-state index in [2.05, 4.69) is 0 Å². The number of rotatable bonds is 1. The van der Waals surface area contributed by atoms with Crippen molar-refractivity contribution < 1.29 is 4.79 Å². The van der Waals surface area contributed by atoms with Crippen LogP contribution < -0.4 is 0 Å². The zero-order valence-electron chi connectivity index (χ0n) is 7.43. The first-order chi connectivity index (χ1) is 4.87. The third-order valence-corrected chi connectivity index (χ3v) is 1.08. The highest BCUT2D eigenvalue weighted by molar-refractivity contribution is 5.97. The Bertz CT molecular complexity index is 225. The maximum atomic E-state index is 10.8. The number of nitriles is 1. The molecule has 0 fully saturated rings. The van der Waals surface area contributed by atoms with Gasteiger partial charge in [-0.05, 0) is 12.3 Å². The fraction of sp³-hybridized carbons (Fsp3) is 0.556. The number of Topliss-reactive ketones (excluding diaryl/α,β-unsaturated/α-hetero) is 1. The Hall–Kier alpha value is -1.10. The topological polar surface area (TPSA) is 40.9 Å². The van der Waals surface area contributed by atoms with Crippen molar-refractivity contribution in [3.05, 3.63) is 11.6 Å². The van der Waals surface area contributed by atoms with E-state index in [0.29, 0.717) is 0 Å². The van der Waals surface area contributed by atoms with Gasteiger partial charge in [-0.3, -0.25) is 4.79 Å². The molecule has 2 nitrogen and oxygen atoms in total. The first kappa shape index (κ1) is 9.90. The van der Waals surface area contributed by atoms with Crippen LogP contribution in [0.5, 0.6) is 0 Å². The highest BCUT2D eigenvalue weighted by Crippen LogP contribution is 2.17. The second kappa shape index (κ2) is 3.34. The highest BCUT2D eigenvalue weighted by atomic mass is 16.1. The van der Waals surface area contributed by atoms with Gasteiger partial charge in [0, 0.05) is 0 Å². The van der Waals surface area contributed by atoms with Crippen molar-refractivity contribution in [2.75, 3.05) is 0 Å². The van der Waals surface area contributed by atoms with Gasteiger partial charge in [-0.1, -0.05) is 26.8 Å². The smallest absolute Gasteiger partial charge is 0.169 e. The summed E-state index contributed by atoms with van der Waals surface area (Å²) < 4.78 is 0. The van der Waals surface area contributed by atoms with Crippen molar-refractivity contribution in [3.8, 4) is 6.07 Å². The van der Waals surface area contributed by atoms with Crippen LogP contribution in [-0.4, -0.2) is 5.78 Å². The SMILES string of the molecule is CC(=O)C(C#N)=CC(C)(C)C. The molecule has 0 amide bonds. The largest absolute Gasteiger partial charge is 0.294 e. The maximum Gasteiger partial charge on any atom is 0.169 e. The van der Waals surface area contributed by atoms with Crippen LogP contribution >= 0.6 is 0 Å². The lowest BCUT2D eigenvalue weighted by molar-refractivity contribution is -0.113. The second-order valence-electron chi connectivity index (χ2n) is 3.59. The van der Waals surface area contributed by atoms with Crippen molar-refractivity contribution >= 4 is 5.78 Å². The number of hydrogen-bond donors (Lipinski definition) is 0. The summed E-state index contributed by atoms with van der Waals surface area (Å²) >= 11 is 0. The molecule has 0 saturated carbocycles. The number of carbonyl (C=O) groups is 1. The second-order valence-corrected chi connectivity index (χ2v) is 3.59. The molecule has 0 aliphatic rings. The molecule has 0 rings (SSSR count). The van der Waals surface area contributed by atoms with E-state index in [0.717, 1.165) is 0 Å². The Morgan fingerprint density at radius 1 is 1.45 bits per heavy atom. The van der Waals surface area contributed by atoms with E-state index in [1.54, 1.807) is 6.08 Å². The van der Waals surface area contributed by atoms with Crippen molar-refractivity contribution in [2.45, 2.75) is 27.7 Å². The van der Waals surface area contributed by atoms with E-state index in [4.69, 9.17) is 5.26 Å². The summed E-state index contributed by atoms with van der Waals surface area (Å²) in [5, 5.41) is 8.52. The van der Waals surface area contributed by atoms with E-state index >= 15 is 0 Å². The van der Waals surface area contributed by atoms with Gasteiger partial charge >= 0.3 is 0 Å². The van der Waals surface area contributed by atoms with Gasteiger partial charge in [-0.2, -0.15) is 5.26 Å². The van der Waals surface area contributed by atoms with E-state index in [1.807, 2.05) is 26.8 Å². The van der Waals surface area contributed by atoms with E-state index in [-0.39, 0.29) is 16.8 Å². The summed E-state index contributed by atoms with van der Waals surface area (Å²) in [7, 11) is 0. The van der Waals surface area contributed by atoms with Crippen LogP contribution in [0, 0.1) is 16.7 Å². The van der Waals surface area contributed by atoms with E-state index < -0.39 is 0 Å². The van der Waals surface area contributed by atoms with Crippen LogP contribution in [0.15, 0.2) is 11.6 Å². The standard InChI is InChI=1S/C9H13NO/c1-7(11)8(6-10)5-9(2,3)4/h5H,1-4H3. The minimum absolute atomic E-state index is 0.100. The van der Waals surface area contributed by atoms with Crippen LogP contribution in [-0.2, 0) is 4.79 Å². The molecule has 0 aromatic heterocycles. The lowest BCUT2D eigenvalue weighted by Gasteiger charge is -2.11. The summed E-state index contributed by atoms with van der Waals surface area (Å²) in [5.41, 5.74) is 0.147. The van der Waals surface area contributed by atoms with Gasteiger partial charge in [0.25, 0.3) is 0 Å². The Morgan fingerprint density at radius 2 is 1.91 bits per heavy atom. The summed E-state index contributed by atoms with van der Waals surface area (Å²) in [4.78, 5) is 10.8.